The summed E-state index contributed by atoms with van der Waals surface area (Å²) in [4.78, 5) is 14.3. The highest BCUT2D eigenvalue weighted by molar-refractivity contribution is 9.11. The number of halogens is 2. The van der Waals surface area contributed by atoms with Gasteiger partial charge >= 0.3 is 0 Å². The third kappa shape index (κ3) is 3.32. The van der Waals surface area contributed by atoms with Crippen molar-refractivity contribution in [3.63, 3.8) is 0 Å². The lowest BCUT2D eigenvalue weighted by molar-refractivity contribution is 0.0756. The molecule has 0 atom stereocenters. The first-order valence-electron chi connectivity index (χ1n) is 5.86. The van der Waals surface area contributed by atoms with Crippen LogP contribution in [0.4, 0.5) is 0 Å². The van der Waals surface area contributed by atoms with E-state index in [4.69, 9.17) is 0 Å². The summed E-state index contributed by atoms with van der Waals surface area (Å²) in [5.41, 5.74) is 0.738. The van der Waals surface area contributed by atoms with E-state index in [-0.39, 0.29) is 5.91 Å². The van der Waals surface area contributed by atoms with E-state index in [1.54, 1.807) is 0 Å². The molecule has 1 aliphatic carbocycles. The van der Waals surface area contributed by atoms with Crippen molar-refractivity contribution < 1.29 is 4.79 Å². The van der Waals surface area contributed by atoms with E-state index in [0.717, 1.165) is 33.5 Å². The Labute approximate surface area is 119 Å². The molecule has 2 rings (SSSR count). The highest BCUT2D eigenvalue weighted by atomic mass is 79.9. The zero-order valence-electron chi connectivity index (χ0n) is 9.75. The number of benzene rings is 1. The van der Waals surface area contributed by atoms with Crippen LogP contribution in [-0.4, -0.2) is 23.9 Å². The SMILES string of the molecule is CCN(CC1CC1)C(=O)c1cc(Br)ccc1Br. The molecule has 0 aliphatic heterocycles. The van der Waals surface area contributed by atoms with Crippen LogP contribution in [-0.2, 0) is 0 Å². The van der Waals surface area contributed by atoms with Gasteiger partial charge in [-0.2, -0.15) is 0 Å². The lowest BCUT2D eigenvalue weighted by Crippen LogP contribution is -2.32. The summed E-state index contributed by atoms with van der Waals surface area (Å²) < 4.78 is 1.80. The zero-order valence-corrected chi connectivity index (χ0v) is 12.9. The summed E-state index contributed by atoms with van der Waals surface area (Å²) in [6.07, 6.45) is 2.53. The molecule has 92 valence electrons. The second kappa shape index (κ2) is 5.53. The van der Waals surface area contributed by atoms with Crippen LogP contribution in [0, 0.1) is 5.92 Å². The molecule has 1 aromatic rings. The predicted octanol–water partition coefficient (Wildman–Crippen LogP) is 4.08. The van der Waals surface area contributed by atoms with Gasteiger partial charge in [-0.3, -0.25) is 4.79 Å². The van der Waals surface area contributed by atoms with Gasteiger partial charge in [-0.1, -0.05) is 15.9 Å². The standard InChI is InChI=1S/C13H15Br2NO/c1-2-16(8-9-3-4-9)13(17)11-7-10(14)5-6-12(11)15/h5-7,9H,2-4,8H2,1H3. The molecule has 0 heterocycles. The van der Waals surface area contributed by atoms with Crippen molar-refractivity contribution in [2.24, 2.45) is 5.92 Å². The van der Waals surface area contributed by atoms with Crippen LogP contribution in [0.25, 0.3) is 0 Å². The van der Waals surface area contributed by atoms with Gasteiger partial charge in [0.05, 0.1) is 5.56 Å². The van der Waals surface area contributed by atoms with Crippen LogP contribution in [0.5, 0.6) is 0 Å². The molecule has 17 heavy (non-hydrogen) atoms. The third-order valence-electron chi connectivity index (χ3n) is 3.00. The average molecular weight is 361 g/mol. The highest BCUT2D eigenvalue weighted by Crippen LogP contribution is 2.31. The number of nitrogens with zero attached hydrogens (tertiary/aromatic N) is 1. The minimum Gasteiger partial charge on any atom is -0.339 e. The number of rotatable bonds is 4. The molecule has 1 aromatic carbocycles. The van der Waals surface area contributed by atoms with E-state index in [2.05, 4.69) is 31.9 Å². The molecule has 0 aromatic heterocycles. The largest absolute Gasteiger partial charge is 0.339 e. The number of carbonyl (C=O) groups excluding carboxylic acids is 1. The number of amides is 1. The van der Waals surface area contributed by atoms with Crippen LogP contribution >= 0.6 is 31.9 Å². The first kappa shape index (κ1) is 13.1. The molecule has 0 N–H and O–H groups in total. The fraction of sp³-hybridized carbons (Fsp3) is 0.462. The Morgan fingerprint density at radius 1 is 1.41 bits per heavy atom. The molecule has 0 unspecified atom stereocenters. The van der Waals surface area contributed by atoms with Gasteiger partial charge in [0, 0.05) is 22.0 Å². The van der Waals surface area contributed by atoms with Gasteiger partial charge in [0.25, 0.3) is 5.91 Å². The molecule has 4 heteroatoms. The van der Waals surface area contributed by atoms with Gasteiger partial charge in [-0.25, -0.2) is 0 Å². The quantitative estimate of drug-likeness (QED) is 0.792. The normalized spacial score (nSPS) is 14.8. The molecule has 0 bridgehead atoms. The van der Waals surface area contributed by atoms with Crippen molar-refractivity contribution in [1.29, 1.82) is 0 Å². The summed E-state index contributed by atoms with van der Waals surface area (Å²) in [7, 11) is 0. The van der Waals surface area contributed by atoms with Crippen LogP contribution in [0.1, 0.15) is 30.1 Å². The van der Waals surface area contributed by atoms with E-state index in [0.29, 0.717) is 0 Å². The Hall–Kier alpha value is -0.350. The Bertz CT molecular complexity index is 429. The van der Waals surface area contributed by atoms with Crippen molar-refractivity contribution in [3.05, 3.63) is 32.7 Å². The molecule has 0 spiro atoms. The van der Waals surface area contributed by atoms with E-state index in [1.165, 1.54) is 12.8 Å². The maximum absolute atomic E-state index is 12.4. The summed E-state index contributed by atoms with van der Waals surface area (Å²) in [5.74, 6) is 0.845. The second-order valence-corrected chi connectivity index (χ2v) is 6.18. The van der Waals surface area contributed by atoms with E-state index in [1.807, 2.05) is 30.0 Å². The Balaban J connectivity index is 2.18. The van der Waals surface area contributed by atoms with Crippen molar-refractivity contribution in [3.8, 4) is 0 Å². The molecule has 2 nitrogen and oxygen atoms in total. The lowest BCUT2D eigenvalue weighted by Gasteiger charge is -2.21. The number of carbonyl (C=O) groups is 1. The monoisotopic (exact) mass is 359 g/mol. The van der Waals surface area contributed by atoms with E-state index >= 15 is 0 Å². The van der Waals surface area contributed by atoms with Gasteiger partial charge < -0.3 is 4.90 Å². The fourth-order valence-corrected chi connectivity index (χ4v) is 2.58. The predicted molar refractivity (Wildman–Crippen MR) is 76.1 cm³/mol. The summed E-state index contributed by atoms with van der Waals surface area (Å²) in [5, 5.41) is 0. The summed E-state index contributed by atoms with van der Waals surface area (Å²) in [6, 6.07) is 5.71. The van der Waals surface area contributed by atoms with Crippen LogP contribution < -0.4 is 0 Å². The first-order chi connectivity index (χ1) is 8.11. The maximum Gasteiger partial charge on any atom is 0.255 e. The average Bonchev–Trinajstić information content (AvgIpc) is 3.12. The van der Waals surface area contributed by atoms with Crippen LogP contribution in [0.3, 0.4) is 0 Å². The van der Waals surface area contributed by atoms with Gasteiger partial charge in [-0.05, 0) is 59.8 Å². The van der Waals surface area contributed by atoms with Crippen molar-refractivity contribution >= 4 is 37.8 Å². The summed E-state index contributed by atoms with van der Waals surface area (Å²) in [6.45, 7) is 3.70. The van der Waals surface area contributed by atoms with Gasteiger partial charge in [0.2, 0.25) is 0 Å². The fourth-order valence-electron chi connectivity index (χ4n) is 1.80. The molecule has 0 saturated heterocycles. The first-order valence-corrected chi connectivity index (χ1v) is 7.44. The molecule has 0 radical (unpaired) electrons. The van der Waals surface area contributed by atoms with E-state index in [9.17, 15) is 4.79 Å². The minimum atomic E-state index is 0.118. The van der Waals surface area contributed by atoms with Gasteiger partial charge in [0.1, 0.15) is 0 Å². The van der Waals surface area contributed by atoms with Gasteiger partial charge in [-0.15, -0.1) is 0 Å². The molecule has 1 amide bonds. The second-order valence-electron chi connectivity index (χ2n) is 4.41. The zero-order chi connectivity index (χ0) is 12.4. The highest BCUT2D eigenvalue weighted by Gasteiger charge is 2.27. The van der Waals surface area contributed by atoms with Crippen LogP contribution in [0.15, 0.2) is 27.1 Å². The van der Waals surface area contributed by atoms with Crippen molar-refractivity contribution in [2.45, 2.75) is 19.8 Å². The lowest BCUT2D eigenvalue weighted by atomic mass is 10.2. The van der Waals surface area contributed by atoms with Crippen LogP contribution in [0.2, 0.25) is 0 Å². The minimum absolute atomic E-state index is 0.118. The Morgan fingerprint density at radius 2 is 2.12 bits per heavy atom. The number of hydrogen-bond donors (Lipinski definition) is 0. The molecular formula is C13H15Br2NO. The van der Waals surface area contributed by atoms with Crippen molar-refractivity contribution in [2.75, 3.05) is 13.1 Å². The summed E-state index contributed by atoms with van der Waals surface area (Å²) >= 11 is 6.85. The Kier molecular flexibility index (Phi) is 4.26. The third-order valence-corrected chi connectivity index (χ3v) is 4.19. The van der Waals surface area contributed by atoms with E-state index < -0.39 is 0 Å². The van der Waals surface area contributed by atoms with Gasteiger partial charge in [0.15, 0.2) is 0 Å². The number of hydrogen-bond acceptors (Lipinski definition) is 1. The Morgan fingerprint density at radius 3 is 2.71 bits per heavy atom. The molecule has 1 saturated carbocycles. The maximum atomic E-state index is 12.4. The smallest absolute Gasteiger partial charge is 0.255 e. The molecule has 1 fully saturated rings. The molecule has 1 aliphatic rings. The topological polar surface area (TPSA) is 20.3 Å². The van der Waals surface area contributed by atoms with Crippen molar-refractivity contribution in [1.82, 2.24) is 4.90 Å². The molecular weight excluding hydrogens is 346 g/mol.